The van der Waals surface area contributed by atoms with Gasteiger partial charge in [-0.1, -0.05) is 25.5 Å². The first-order valence-electron chi connectivity index (χ1n) is 8.24. The third kappa shape index (κ3) is 3.78. The summed E-state index contributed by atoms with van der Waals surface area (Å²) in [7, 11) is 0. The molecule has 5 nitrogen and oxygen atoms in total. The Hall–Kier alpha value is -2.17. The van der Waals surface area contributed by atoms with Crippen molar-refractivity contribution in [3.63, 3.8) is 0 Å². The van der Waals surface area contributed by atoms with Gasteiger partial charge in [-0.25, -0.2) is 0 Å². The summed E-state index contributed by atoms with van der Waals surface area (Å²) < 4.78 is 0. The molecule has 0 radical (unpaired) electrons. The van der Waals surface area contributed by atoms with Crippen LogP contribution >= 0.6 is 0 Å². The van der Waals surface area contributed by atoms with E-state index in [-0.39, 0.29) is 30.3 Å². The minimum Gasteiger partial charge on any atom is -0.353 e. The lowest BCUT2D eigenvalue weighted by Gasteiger charge is -2.16. The van der Waals surface area contributed by atoms with E-state index in [9.17, 15) is 14.4 Å². The molecule has 1 aromatic carbocycles. The van der Waals surface area contributed by atoms with E-state index < -0.39 is 0 Å². The minimum atomic E-state index is -0.259. The van der Waals surface area contributed by atoms with Crippen molar-refractivity contribution >= 4 is 17.7 Å². The van der Waals surface area contributed by atoms with Crippen LogP contribution in [-0.4, -0.2) is 35.2 Å². The van der Waals surface area contributed by atoms with Crippen LogP contribution in [-0.2, 0) is 4.79 Å². The third-order valence-corrected chi connectivity index (χ3v) is 4.26. The summed E-state index contributed by atoms with van der Waals surface area (Å²) >= 11 is 0. The van der Waals surface area contributed by atoms with Gasteiger partial charge in [0.25, 0.3) is 11.8 Å². The highest BCUT2D eigenvalue weighted by atomic mass is 16.2. The molecule has 2 rings (SSSR count). The Morgan fingerprint density at radius 2 is 1.78 bits per heavy atom. The first kappa shape index (κ1) is 17.2. The maximum absolute atomic E-state index is 12.3. The molecule has 0 spiro atoms. The van der Waals surface area contributed by atoms with E-state index in [0.29, 0.717) is 24.0 Å². The molecule has 0 bridgehead atoms. The third-order valence-electron chi connectivity index (χ3n) is 4.26. The lowest BCUT2D eigenvalue weighted by atomic mass is 10.1. The van der Waals surface area contributed by atoms with Crippen LogP contribution in [0.3, 0.4) is 0 Å². The molecule has 0 unspecified atom stereocenters. The molecule has 1 aromatic rings. The van der Waals surface area contributed by atoms with E-state index in [0.717, 1.165) is 18.4 Å². The average molecular weight is 316 g/mol. The van der Waals surface area contributed by atoms with Crippen molar-refractivity contribution in [3.8, 4) is 0 Å². The first-order valence-corrected chi connectivity index (χ1v) is 8.24. The number of benzene rings is 1. The highest BCUT2D eigenvalue weighted by molar-refractivity contribution is 6.21. The smallest absolute Gasteiger partial charge is 0.261 e. The number of imide groups is 1. The summed E-state index contributed by atoms with van der Waals surface area (Å²) in [5.74, 6) is -0.536. The average Bonchev–Trinajstić information content (AvgIpc) is 2.77. The van der Waals surface area contributed by atoms with Gasteiger partial charge in [-0.05, 0) is 38.3 Å². The molecule has 1 aliphatic rings. The molecular formula is C18H24N2O3. The zero-order valence-electron chi connectivity index (χ0n) is 14.0. The van der Waals surface area contributed by atoms with Crippen LogP contribution < -0.4 is 5.32 Å². The van der Waals surface area contributed by atoms with Gasteiger partial charge in [0.05, 0.1) is 11.1 Å². The number of aryl methyl sites for hydroxylation is 1. The Balaban J connectivity index is 1.89. The molecule has 1 N–H and O–H groups in total. The van der Waals surface area contributed by atoms with Gasteiger partial charge in [0.1, 0.15) is 0 Å². The number of carbonyl (C=O) groups is 3. The van der Waals surface area contributed by atoms with Crippen LogP contribution in [0.2, 0.25) is 0 Å². The normalized spacial score (nSPS) is 13.7. The molecule has 0 saturated carbocycles. The molecule has 124 valence electrons. The Morgan fingerprint density at radius 3 is 2.43 bits per heavy atom. The minimum absolute atomic E-state index is 0.0221. The van der Waals surface area contributed by atoms with Gasteiger partial charge in [0, 0.05) is 19.0 Å². The molecule has 0 atom stereocenters. The fourth-order valence-electron chi connectivity index (χ4n) is 2.80. The molecule has 1 heterocycles. The monoisotopic (exact) mass is 316 g/mol. The number of nitrogens with zero attached hydrogens (tertiary/aromatic N) is 1. The lowest BCUT2D eigenvalue weighted by Crippen LogP contribution is -2.35. The number of hydrogen-bond acceptors (Lipinski definition) is 3. The number of fused-ring (bicyclic) bond motifs is 1. The summed E-state index contributed by atoms with van der Waals surface area (Å²) in [6.45, 7) is 6.25. The zero-order valence-corrected chi connectivity index (χ0v) is 14.0. The standard InChI is InChI=1S/C18H24N2O3/c1-4-13(5-2)19-16(21)7-6-10-20-17(22)14-9-8-12(3)11-15(14)18(20)23/h8-9,11,13H,4-7,10H2,1-3H3,(H,19,21). The number of amides is 3. The molecule has 3 amide bonds. The topological polar surface area (TPSA) is 66.5 Å². The predicted molar refractivity (Wildman–Crippen MR) is 88.3 cm³/mol. The van der Waals surface area contributed by atoms with Gasteiger partial charge in [-0.15, -0.1) is 0 Å². The second-order valence-corrected chi connectivity index (χ2v) is 6.00. The first-order chi connectivity index (χ1) is 11.0. The molecule has 0 fully saturated rings. The van der Waals surface area contributed by atoms with Gasteiger partial charge in [0.15, 0.2) is 0 Å². The maximum Gasteiger partial charge on any atom is 0.261 e. The SMILES string of the molecule is CCC(CC)NC(=O)CCCN1C(=O)c2ccc(C)cc2C1=O. The Bertz CT molecular complexity index is 621. The van der Waals surface area contributed by atoms with Crippen molar-refractivity contribution in [1.29, 1.82) is 0 Å². The van der Waals surface area contributed by atoms with E-state index in [2.05, 4.69) is 5.32 Å². The molecule has 23 heavy (non-hydrogen) atoms. The summed E-state index contributed by atoms with van der Waals surface area (Å²) in [5.41, 5.74) is 1.88. The second-order valence-electron chi connectivity index (χ2n) is 6.00. The van der Waals surface area contributed by atoms with Crippen LogP contribution in [0.25, 0.3) is 0 Å². The summed E-state index contributed by atoms with van der Waals surface area (Å²) in [6.07, 6.45) is 2.61. The van der Waals surface area contributed by atoms with E-state index in [1.807, 2.05) is 26.8 Å². The fourth-order valence-corrected chi connectivity index (χ4v) is 2.80. The Labute approximate surface area is 137 Å². The number of carbonyl (C=O) groups excluding carboxylic acids is 3. The highest BCUT2D eigenvalue weighted by Crippen LogP contribution is 2.24. The number of hydrogen-bond donors (Lipinski definition) is 1. The van der Waals surface area contributed by atoms with Crippen molar-refractivity contribution in [2.75, 3.05) is 6.54 Å². The summed E-state index contributed by atoms with van der Waals surface area (Å²) in [5, 5.41) is 2.96. The van der Waals surface area contributed by atoms with Gasteiger partial charge in [-0.2, -0.15) is 0 Å². The molecule has 0 aromatic heterocycles. The molecule has 5 heteroatoms. The van der Waals surface area contributed by atoms with E-state index in [1.165, 1.54) is 4.90 Å². The quantitative estimate of drug-likeness (QED) is 0.787. The van der Waals surface area contributed by atoms with Crippen LogP contribution in [0.4, 0.5) is 0 Å². The zero-order chi connectivity index (χ0) is 17.0. The highest BCUT2D eigenvalue weighted by Gasteiger charge is 2.34. The van der Waals surface area contributed by atoms with Crippen LogP contribution in [0, 0.1) is 6.92 Å². The lowest BCUT2D eigenvalue weighted by molar-refractivity contribution is -0.122. The van der Waals surface area contributed by atoms with Gasteiger partial charge < -0.3 is 5.32 Å². The van der Waals surface area contributed by atoms with Crippen molar-refractivity contribution in [3.05, 3.63) is 34.9 Å². The van der Waals surface area contributed by atoms with Gasteiger partial charge >= 0.3 is 0 Å². The van der Waals surface area contributed by atoms with Crippen LogP contribution in [0.15, 0.2) is 18.2 Å². The second kappa shape index (κ2) is 7.40. The van der Waals surface area contributed by atoms with Crippen molar-refractivity contribution in [1.82, 2.24) is 10.2 Å². The van der Waals surface area contributed by atoms with E-state index in [1.54, 1.807) is 12.1 Å². The van der Waals surface area contributed by atoms with Crippen molar-refractivity contribution < 1.29 is 14.4 Å². The predicted octanol–water partition coefficient (Wildman–Crippen LogP) is 2.68. The fraction of sp³-hybridized carbons (Fsp3) is 0.500. The van der Waals surface area contributed by atoms with Crippen LogP contribution in [0.1, 0.15) is 65.8 Å². The Kier molecular flexibility index (Phi) is 5.53. The maximum atomic E-state index is 12.3. The van der Waals surface area contributed by atoms with Crippen molar-refractivity contribution in [2.45, 2.75) is 52.5 Å². The largest absolute Gasteiger partial charge is 0.353 e. The van der Waals surface area contributed by atoms with E-state index in [4.69, 9.17) is 0 Å². The number of nitrogens with one attached hydrogen (secondary N) is 1. The summed E-state index contributed by atoms with van der Waals surface area (Å²) in [6, 6.07) is 5.47. The molecular weight excluding hydrogens is 292 g/mol. The van der Waals surface area contributed by atoms with Crippen LogP contribution in [0.5, 0.6) is 0 Å². The van der Waals surface area contributed by atoms with Crippen molar-refractivity contribution in [2.24, 2.45) is 0 Å². The van der Waals surface area contributed by atoms with Gasteiger partial charge in [0.2, 0.25) is 5.91 Å². The molecule has 1 aliphatic heterocycles. The Morgan fingerprint density at radius 1 is 1.13 bits per heavy atom. The molecule has 0 saturated heterocycles. The number of rotatable bonds is 7. The summed E-state index contributed by atoms with van der Waals surface area (Å²) in [4.78, 5) is 37.7. The van der Waals surface area contributed by atoms with E-state index >= 15 is 0 Å². The van der Waals surface area contributed by atoms with Gasteiger partial charge in [-0.3, -0.25) is 19.3 Å². The molecule has 0 aliphatic carbocycles.